The first-order valence-electron chi connectivity index (χ1n) is 8.29. The van der Waals surface area contributed by atoms with E-state index in [0.29, 0.717) is 28.6 Å². The number of H-pyrrole nitrogens is 1. The van der Waals surface area contributed by atoms with Crippen molar-refractivity contribution in [1.82, 2.24) is 15.1 Å². The number of rotatable bonds is 6. The maximum Gasteiger partial charge on any atom is 0.257 e. The normalized spacial score (nSPS) is 10.5. The van der Waals surface area contributed by atoms with Crippen LogP contribution < -0.4 is 9.47 Å². The Morgan fingerprint density at radius 3 is 2.56 bits per heavy atom. The number of aromatic amines is 1. The summed E-state index contributed by atoms with van der Waals surface area (Å²) in [5.41, 5.74) is 2.83. The summed E-state index contributed by atoms with van der Waals surface area (Å²) in [5, 5.41) is 7.55. The van der Waals surface area contributed by atoms with Crippen molar-refractivity contribution < 1.29 is 14.3 Å². The number of amides is 1. The van der Waals surface area contributed by atoms with Crippen LogP contribution in [0.25, 0.3) is 11.3 Å². The highest BCUT2D eigenvalue weighted by atomic mass is 35.5. The lowest BCUT2D eigenvalue weighted by atomic mass is 10.1. The van der Waals surface area contributed by atoms with Crippen LogP contribution in [0.4, 0.5) is 0 Å². The van der Waals surface area contributed by atoms with E-state index in [0.717, 1.165) is 16.9 Å². The Morgan fingerprint density at radius 1 is 1.15 bits per heavy atom. The molecule has 0 spiro atoms. The third-order valence-corrected chi connectivity index (χ3v) is 4.48. The molecule has 1 heterocycles. The van der Waals surface area contributed by atoms with Gasteiger partial charge in [-0.3, -0.25) is 9.89 Å². The Kier molecular flexibility index (Phi) is 5.66. The molecule has 0 unspecified atom stereocenters. The van der Waals surface area contributed by atoms with E-state index in [1.165, 1.54) is 6.20 Å². The van der Waals surface area contributed by atoms with Crippen LogP contribution in [0.15, 0.2) is 48.7 Å². The predicted molar refractivity (Wildman–Crippen MR) is 104 cm³/mol. The van der Waals surface area contributed by atoms with Crippen molar-refractivity contribution in [1.29, 1.82) is 0 Å². The minimum absolute atomic E-state index is 0.156. The number of nitrogens with zero attached hydrogens (tertiary/aromatic N) is 2. The Balaban J connectivity index is 1.84. The average molecular weight is 386 g/mol. The Bertz CT molecular complexity index is 938. The summed E-state index contributed by atoms with van der Waals surface area (Å²) in [5.74, 6) is 1.27. The van der Waals surface area contributed by atoms with Gasteiger partial charge in [0.05, 0.1) is 31.7 Å². The molecular formula is C20H20ClN3O3. The molecule has 0 bridgehead atoms. The van der Waals surface area contributed by atoms with Gasteiger partial charge in [-0.25, -0.2) is 0 Å². The second kappa shape index (κ2) is 8.14. The highest BCUT2D eigenvalue weighted by Crippen LogP contribution is 2.27. The molecule has 1 N–H and O–H groups in total. The zero-order valence-electron chi connectivity index (χ0n) is 15.3. The van der Waals surface area contributed by atoms with Crippen molar-refractivity contribution in [2.75, 3.05) is 21.3 Å². The second-order valence-electron chi connectivity index (χ2n) is 6.00. The number of benzene rings is 2. The van der Waals surface area contributed by atoms with Crippen molar-refractivity contribution in [3.05, 3.63) is 64.8 Å². The maximum absolute atomic E-state index is 13.0. The summed E-state index contributed by atoms with van der Waals surface area (Å²) in [6.07, 6.45) is 1.54. The van der Waals surface area contributed by atoms with Crippen molar-refractivity contribution in [3.63, 3.8) is 0 Å². The molecule has 27 heavy (non-hydrogen) atoms. The van der Waals surface area contributed by atoms with Crippen LogP contribution in [0.5, 0.6) is 11.5 Å². The third-order valence-electron chi connectivity index (χ3n) is 4.25. The van der Waals surface area contributed by atoms with Crippen LogP contribution in [0.2, 0.25) is 5.02 Å². The van der Waals surface area contributed by atoms with E-state index in [1.807, 2.05) is 24.3 Å². The fourth-order valence-corrected chi connectivity index (χ4v) is 3.02. The minimum atomic E-state index is -0.156. The quantitative estimate of drug-likeness (QED) is 0.695. The van der Waals surface area contributed by atoms with Gasteiger partial charge in [0.1, 0.15) is 11.5 Å². The number of nitrogens with one attached hydrogen (secondary N) is 1. The molecule has 3 aromatic rings. The summed E-state index contributed by atoms with van der Waals surface area (Å²) in [4.78, 5) is 14.6. The van der Waals surface area contributed by atoms with Gasteiger partial charge in [0.25, 0.3) is 5.91 Å². The largest absolute Gasteiger partial charge is 0.497 e. The summed E-state index contributed by atoms with van der Waals surface area (Å²) in [6, 6.07) is 12.8. The van der Waals surface area contributed by atoms with Gasteiger partial charge in [0.2, 0.25) is 0 Å². The van der Waals surface area contributed by atoms with Gasteiger partial charge in [0, 0.05) is 29.7 Å². The van der Waals surface area contributed by atoms with Crippen LogP contribution in [-0.2, 0) is 6.54 Å². The lowest BCUT2D eigenvalue weighted by molar-refractivity contribution is 0.0785. The molecule has 0 radical (unpaired) electrons. The second-order valence-corrected chi connectivity index (χ2v) is 6.44. The average Bonchev–Trinajstić information content (AvgIpc) is 3.17. The van der Waals surface area contributed by atoms with Gasteiger partial charge in [-0.1, -0.05) is 11.6 Å². The number of hydrogen-bond acceptors (Lipinski definition) is 4. The Hall–Kier alpha value is -2.99. The molecule has 0 fully saturated rings. The first kappa shape index (κ1) is 18.8. The van der Waals surface area contributed by atoms with Gasteiger partial charge in [-0.15, -0.1) is 0 Å². The van der Waals surface area contributed by atoms with Gasteiger partial charge in [-0.2, -0.15) is 5.10 Å². The van der Waals surface area contributed by atoms with E-state index in [2.05, 4.69) is 10.2 Å². The minimum Gasteiger partial charge on any atom is -0.497 e. The van der Waals surface area contributed by atoms with E-state index in [4.69, 9.17) is 21.1 Å². The summed E-state index contributed by atoms with van der Waals surface area (Å²) >= 11 is 6.08. The maximum atomic E-state index is 13.0. The first-order chi connectivity index (χ1) is 13.0. The molecule has 1 amide bonds. The fraction of sp³-hybridized carbons (Fsp3) is 0.200. The first-order valence-corrected chi connectivity index (χ1v) is 8.67. The van der Waals surface area contributed by atoms with Crippen molar-refractivity contribution in [3.8, 4) is 22.8 Å². The molecule has 0 aliphatic carbocycles. The summed E-state index contributed by atoms with van der Waals surface area (Å²) < 4.78 is 10.5. The fourth-order valence-electron chi connectivity index (χ4n) is 2.83. The predicted octanol–water partition coefficient (Wildman–Crippen LogP) is 4.02. The van der Waals surface area contributed by atoms with Gasteiger partial charge in [0.15, 0.2) is 0 Å². The van der Waals surface area contributed by atoms with Crippen LogP contribution >= 0.6 is 11.6 Å². The number of carbonyl (C=O) groups is 1. The molecule has 6 nitrogen and oxygen atoms in total. The van der Waals surface area contributed by atoms with E-state index < -0.39 is 0 Å². The molecule has 0 aliphatic rings. The van der Waals surface area contributed by atoms with E-state index >= 15 is 0 Å². The van der Waals surface area contributed by atoms with Crippen molar-refractivity contribution in [2.24, 2.45) is 0 Å². The Labute approximate surface area is 162 Å². The third kappa shape index (κ3) is 4.06. The summed E-state index contributed by atoms with van der Waals surface area (Å²) in [7, 11) is 4.93. The zero-order chi connectivity index (χ0) is 19.4. The molecule has 7 heteroatoms. The number of halogens is 1. The molecule has 0 saturated carbocycles. The molecule has 1 aromatic heterocycles. The molecule has 3 rings (SSSR count). The lowest BCUT2D eigenvalue weighted by Crippen LogP contribution is -2.26. The monoisotopic (exact) mass is 385 g/mol. The molecule has 0 aliphatic heterocycles. The van der Waals surface area contributed by atoms with Crippen molar-refractivity contribution >= 4 is 17.5 Å². The highest BCUT2D eigenvalue weighted by molar-refractivity contribution is 6.30. The number of methoxy groups -OCH3 is 2. The van der Waals surface area contributed by atoms with Gasteiger partial charge < -0.3 is 14.4 Å². The Morgan fingerprint density at radius 2 is 1.89 bits per heavy atom. The van der Waals surface area contributed by atoms with Gasteiger partial charge in [-0.05, 0) is 42.5 Å². The number of carbonyl (C=O) groups excluding carboxylic acids is 1. The van der Waals surface area contributed by atoms with Crippen LogP contribution in [0, 0.1) is 0 Å². The van der Waals surface area contributed by atoms with E-state index in [1.54, 1.807) is 44.4 Å². The molecular weight excluding hydrogens is 366 g/mol. The number of aromatic nitrogens is 2. The molecule has 0 atom stereocenters. The van der Waals surface area contributed by atoms with E-state index in [-0.39, 0.29) is 5.91 Å². The van der Waals surface area contributed by atoms with Crippen LogP contribution in [0.3, 0.4) is 0 Å². The molecule has 0 saturated heterocycles. The van der Waals surface area contributed by atoms with Crippen molar-refractivity contribution in [2.45, 2.75) is 6.54 Å². The topological polar surface area (TPSA) is 67.5 Å². The standard InChI is InChI=1S/C20H20ClN3O3/c1-24(12-14-10-15(21)6-9-18(14)27-3)20(25)17-11-22-23-19(17)13-4-7-16(26-2)8-5-13/h4-11H,12H2,1-3H3,(H,22,23). The molecule has 2 aromatic carbocycles. The lowest BCUT2D eigenvalue weighted by Gasteiger charge is -2.19. The van der Waals surface area contributed by atoms with E-state index in [9.17, 15) is 4.79 Å². The van der Waals surface area contributed by atoms with Gasteiger partial charge >= 0.3 is 0 Å². The number of hydrogen-bond donors (Lipinski definition) is 1. The SMILES string of the molecule is COc1ccc(-c2[nH]ncc2C(=O)N(C)Cc2cc(Cl)ccc2OC)cc1. The summed E-state index contributed by atoms with van der Waals surface area (Å²) in [6.45, 7) is 0.357. The highest BCUT2D eigenvalue weighted by Gasteiger charge is 2.20. The molecule has 140 valence electrons. The van der Waals surface area contributed by atoms with Crippen LogP contribution in [-0.4, -0.2) is 42.3 Å². The number of ether oxygens (including phenoxy) is 2. The smallest absolute Gasteiger partial charge is 0.257 e. The van der Waals surface area contributed by atoms with Crippen LogP contribution in [0.1, 0.15) is 15.9 Å². The zero-order valence-corrected chi connectivity index (χ0v) is 16.1.